The molecule has 2 aromatic rings. The van der Waals surface area contributed by atoms with Crippen molar-refractivity contribution >= 4 is 10.2 Å². The van der Waals surface area contributed by atoms with E-state index in [2.05, 4.69) is 0 Å². The van der Waals surface area contributed by atoms with Gasteiger partial charge < -0.3 is 0 Å². The lowest BCUT2D eigenvalue weighted by Crippen LogP contribution is -2.00. The van der Waals surface area contributed by atoms with Gasteiger partial charge in [0.25, 0.3) is 6.43 Å². The highest BCUT2D eigenvalue weighted by molar-refractivity contribution is 7.86. The first-order valence-electron chi connectivity index (χ1n) is 5.32. The average molecular weight is 286 g/mol. The third-order valence-electron chi connectivity index (χ3n) is 2.62. The van der Waals surface area contributed by atoms with Crippen LogP contribution in [0.5, 0.6) is 0 Å². The normalized spacial score (nSPS) is 11.8. The Hall–Kier alpha value is -1.82. The molecule has 2 rings (SSSR count). The molecular weight excluding hydrogens is 277 g/mol. The van der Waals surface area contributed by atoms with Crippen LogP contribution in [-0.2, 0) is 10.2 Å². The summed E-state index contributed by atoms with van der Waals surface area (Å²) in [6.45, 7) is 0. The van der Waals surface area contributed by atoms with Gasteiger partial charge in [-0.3, -0.25) is 0 Å². The van der Waals surface area contributed by atoms with Gasteiger partial charge in [-0.25, -0.2) is 8.78 Å². The molecule has 0 saturated carbocycles. The van der Waals surface area contributed by atoms with Crippen molar-refractivity contribution in [1.82, 2.24) is 0 Å². The first kappa shape index (κ1) is 13.6. The molecule has 0 atom stereocenters. The summed E-state index contributed by atoms with van der Waals surface area (Å²) in [7, 11) is -5.19. The quantitative estimate of drug-likeness (QED) is 0.801. The number of benzene rings is 2. The van der Waals surface area contributed by atoms with E-state index >= 15 is 0 Å². The van der Waals surface area contributed by atoms with Crippen molar-refractivity contribution in [2.45, 2.75) is 11.3 Å². The maximum atomic E-state index is 13.1. The minimum Gasteiger partial charge on any atom is -0.205 e. The van der Waals surface area contributed by atoms with Crippen LogP contribution in [0.15, 0.2) is 53.4 Å². The van der Waals surface area contributed by atoms with Crippen LogP contribution < -0.4 is 0 Å². The topological polar surface area (TPSA) is 34.1 Å². The monoisotopic (exact) mass is 286 g/mol. The number of alkyl halides is 2. The fourth-order valence-electron chi connectivity index (χ4n) is 1.74. The van der Waals surface area contributed by atoms with Gasteiger partial charge in [0.15, 0.2) is 0 Å². The molecule has 0 aliphatic carbocycles. The summed E-state index contributed by atoms with van der Waals surface area (Å²) in [6, 6.07) is 11.7. The fourth-order valence-corrected chi connectivity index (χ4v) is 2.44. The third kappa shape index (κ3) is 2.96. The number of hydrogen-bond donors (Lipinski definition) is 0. The molecule has 0 unspecified atom stereocenters. The Bertz CT molecular complexity index is 682. The van der Waals surface area contributed by atoms with Gasteiger partial charge in [-0.05, 0) is 17.2 Å². The van der Waals surface area contributed by atoms with Gasteiger partial charge in [-0.1, -0.05) is 42.5 Å². The molecule has 2 nitrogen and oxygen atoms in total. The lowest BCUT2D eigenvalue weighted by molar-refractivity contribution is 0.148. The van der Waals surface area contributed by atoms with Crippen LogP contribution >= 0.6 is 0 Å². The predicted molar refractivity (Wildman–Crippen MR) is 65.1 cm³/mol. The maximum absolute atomic E-state index is 13.1. The molecule has 19 heavy (non-hydrogen) atoms. The molecule has 0 aliphatic rings. The summed E-state index contributed by atoms with van der Waals surface area (Å²) in [5.74, 6) is 0. The summed E-state index contributed by atoms with van der Waals surface area (Å²) in [5, 5.41) is 0. The maximum Gasteiger partial charge on any atom is 0.332 e. The van der Waals surface area contributed by atoms with Gasteiger partial charge in [-0.2, -0.15) is 8.42 Å². The minimum absolute atomic E-state index is 0.362. The van der Waals surface area contributed by atoms with E-state index in [9.17, 15) is 21.1 Å². The van der Waals surface area contributed by atoms with Gasteiger partial charge in [0.1, 0.15) is 4.90 Å². The van der Waals surface area contributed by atoms with Gasteiger partial charge in [0, 0.05) is 5.56 Å². The van der Waals surface area contributed by atoms with Crippen molar-refractivity contribution in [1.29, 1.82) is 0 Å². The predicted octanol–water partition coefficient (Wildman–Crippen LogP) is 3.95. The van der Waals surface area contributed by atoms with Crippen LogP contribution in [0.4, 0.5) is 12.7 Å². The van der Waals surface area contributed by atoms with Crippen LogP contribution in [0.1, 0.15) is 12.0 Å². The first-order valence-corrected chi connectivity index (χ1v) is 6.70. The van der Waals surface area contributed by atoms with Crippen molar-refractivity contribution < 1.29 is 21.1 Å². The second-order valence-electron chi connectivity index (χ2n) is 3.86. The standard InChI is InChI=1S/C13H9F3O2S/c14-13(15)11-7-6-10(8-12(11)19(16,17)18)9-4-2-1-3-5-9/h1-8,13H. The molecular formula is C13H9F3O2S. The Morgan fingerprint density at radius 1 is 0.895 bits per heavy atom. The van der Waals surface area contributed by atoms with E-state index in [4.69, 9.17) is 0 Å². The molecule has 0 amide bonds. The molecule has 0 aromatic heterocycles. The molecule has 0 bridgehead atoms. The summed E-state index contributed by atoms with van der Waals surface area (Å²) < 4.78 is 60.3. The lowest BCUT2D eigenvalue weighted by Gasteiger charge is -2.08. The molecule has 100 valence electrons. The highest BCUT2D eigenvalue weighted by atomic mass is 32.3. The molecule has 0 fully saturated rings. The van der Waals surface area contributed by atoms with Crippen molar-refractivity contribution in [2.75, 3.05) is 0 Å². The van der Waals surface area contributed by atoms with Crippen LogP contribution in [-0.4, -0.2) is 8.42 Å². The smallest absolute Gasteiger partial charge is 0.205 e. The van der Waals surface area contributed by atoms with E-state index in [1.807, 2.05) is 0 Å². The van der Waals surface area contributed by atoms with E-state index in [0.29, 0.717) is 11.1 Å². The average Bonchev–Trinajstić information content (AvgIpc) is 2.38. The van der Waals surface area contributed by atoms with Gasteiger partial charge in [0.2, 0.25) is 0 Å². The van der Waals surface area contributed by atoms with Crippen molar-refractivity contribution in [3.05, 3.63) is 54.1 Å². The van der Waals surface area contributed by atoms with Gasteiger partial charge in [0.05, 0.1) is 0 Å². The highest BCUT2D eigenvalue weighted by Crippen LogP contribution is 2.31. The highest BCUT2D eigenvalue weighted by Gasteiger charge is 2.23. The van der Waals surface area contributed by atoms with E-state index in [0.717, 1.165) is 12.1 Å². The summed E-state index contributed by atoms with van der Waals surface area (Å²) in [4.78, 5) is -0.983. The van der Waals surface area contributed by atoms with Crippen molar-refractivity contribution in [3.63, 3.8) is 0 Å². The van der Waals surface area contributed by atoms with Crippen molar-refractivity contribution in [3.8, 4) is 11.1 Å². The Kier molecular flexibility index (Phi) is 3.61. The summed E-state index contributed by atoms with van der Waals surface area (Å²) >= 11 is 0. The Morgan fingerprint density at radius 3 is 2.05 bits per heavy atom. The molecule has 6 heteroatoms. The molecule has 0 saturated heterocycles. The third-order valence-corrected chi connectivity index (χ3v) is 3.50. The second kappa shape index (κ2) is 5.05. The minimum atomic E-state index is -5.19. The molecule has 0 aliphatic heterocycles. The van der Waals surface area contributed by atoms with E-state index < -0.39 is 27.1 Å². The molecule has 0 heterocycles. The van der Waals surface area contributed by atoms with Crippen LogP contribution in [0.25, 0.3) is 11.1 Å². The number of halogens is 3. The van der Waals surface area contributed by atoms with E-state index in [1.165, 1.54) is 6.07 Å². The Labute approximate surface area is 108 Å². The first-order chi connectivity index (χ1) is 8.89. The van der Waals surface area contributed by atoms with Crippen LogP contribution in [0.3, 0.4) is 0 Å². The van der Waals surface area contributed by atoms with E-state index in [1.54, 1.807) is 30.3 Å². The van der Waals surface area contributed by atoms with Gasteiger partial charge in [-0.15, -0.1) is 3.89 Å². The molecule has 0 radical (unpaired) electrons. The number of rotatable bonds is 3. The van der Waals surface area contributed by atoms with Crippen molar-refractivity contribution in [2.24, 2.45) is 0 Å². The second-order valence-corrected chi connectivity index (χ2v) is 5.17. The summed E-state index contributed by atoms with van der Waals surface area (Å²) in [5.41, 5.74) is 0.150. The molecule has 0 spiro atoms. The SMILES string of the molecule is O=S(=O)(F)c1cc(-c2ccccc2)ccc1C(F)F. The largest absolute Gasteiger partial charge is 0.332 e. The zero-order valence-corrected chi connectivity index (χ0v) is 10.4. The molecule has 0 N–H and O–H groups in total. The fraction of sp³-hybridized carbons (Fsp3) is 0.0769. The lowest BCUT2D eigenvalue weighted by atomic mass is 10.0. The van der Waals surface area contributed by atoms with Crippen LogP contribution in [0.2, 0.25) is 0 Å². The number of hydrogen-bond acceptors (Lipinski definition) is 2. The zero-order chi connectivity index (χ0) is 14.0. The Balaban J connectivity index is 2.63. The summed E-state index contributed by atoms with van der Waals surface area (Å²) in [6.07, 6.45) is -3.05. The van der Waals surface area contributed by atoms with Gasteiger partial charge >= 0.3 is 10.2 Å². The molecule has 2 aromatic carbocycles. The van der Waals surface area contributed by atoms with E-state index in [-0.39, 0.29) is 0 Å². The zero-order valence-electron chi connectivity index (χ0n) is 9.55. The van der Waals surface area contributed by atoms with Crippen LogP contribution in [0, 0.1) is 0 Å². The Morgan fingerprint density at radius 2 is 1.53 bits per heavy atom.